The monoisotopic (exact) mass is 396 g/mol. The van der Waals surface area contributed by atoms with Crippen molar-refractivity contribution in [2.24, 2.45) is 5.14 Å². The summed E-state index contributed by atoms with van der Waals surface area (Å²) in [4.78, 5) is 11.8. The fourth-order valence-corrected chi connectivity index (χ4v) is 3.14. The smallest absolute Gasteiger partial charge is 0.286 e. The van der Waals surface area contributed by atoms with Crippen LogP contribution >= 0.6 is 38.9 Å². The van der Waals surface area contributed by atoms with Crippen molar-refractivity contribution in [3.05, 3.63) is 32.1 Å². The largest absolute Gasteiger partial charge is 0.319 e. The molecule has 0 radical (unpaired) electrons. The summed E-state index contributed by atoms with van der Waals surface area (Å²) in [7, 11) is -3.80. The Bertz CT molecular complexity index is 777. The van der Waals surface area contributed by atoms with E-state index >= 15 is 0 Å². The molecule has 1 aromatic heterocycles. The van der Waals surface area contributed by atoms with Crippen LogP contribution in [0, 0.1) is 0 Å². The van der Waals surface area contributed by atoms with E-state index in [1.54, 1.807) is 0 Å². The highest BCUT2D eigenvalue weighted by Crippen LogP contribution is 2.26. The third kappa shape index (κ3) is 3.52. The molecule has 0 aliphatic rings. The molecule has 0 atom stereocenters. The summed E-state index contributed by atoms with van der Waals surface area (Å²) in [5.74, 6) is -0.501. The van der Waals surface area contributed by atoms with E-state index in [0.717, 1.165) is 11.3 Å². The minimum absolute atomic E-state index is 0.0682. The molecule has 0 saturated heterocycles. The fourth-order valence-electron chi connectivity index (χ4n) is 1.25. The second-order valence-corrected chi connectivity index (χ2v) is 7.48. The molecule has 2 aromatic rings. The lowest BCUT2D eigenvalue weighted by Crippen LogP contribution is -2.14. The van der Waals surface area contributed by atoms with Crippen molar-refractivity contribution in [2.75, 3.05) is 5.32 Å². The van der Waals surface area contributed by atoms with Gasteiger partial charge in [-0.1, -0.05) is 11.3 Å². The van der Waals surface area contributed by atoms with Crippen LogP contribution in [0.15, 0.2) is 27.6 Å². The van der Waals surface area contributed by atoms with E-state index in [9.17, 15) is 13.2 Å². The Labute approximate surface area is 131 Å². The maximum Gasteiger partial charge on any atom is 0.286 e. The molecule has 1 heterocycles. The Hall–Kier alpha value is -1.07. The van der Waals surface area contributed by atoms with Gasteiger partial charge in [-0.25, -0.2) is 13.6 Å². The van der Waals surface area contributed by atoms with Gasteiger partial charge in [-0.2, -0.15) is 0 Å². The molecule has 106 valence electrons. The Morgan fingerprint density at radius 2 is 2.10 bits per heavy atom. The second-order valence-electron chi connectivity index (χ2n) is 3.50. The third-order valence-electron chi connectivity index (χ3n) is 2.11. The molecule has 0 aliphatic carbocycles. The lowest BCUT2D eigenvalue weighted by molar-refractivity contribution is 0.102. The predicted molar refractivity (Wildman–Crippen MR) is 78.4 cm³/mol. The number of carbonyl (C=O) groups is 1. The highest BCUT2D eigenvalue weighted by molar-refractivity contribution is 9.10. The molecule has 0 aliphatic heterocycles. The molecule has 3 N–H and O–H groups in total. The van der Waals surface area contributed by atoms with E-state index in [2.05, 4.69) is 31.4 Å². The number of carbonyl (C=O) groups excluding carboxylic acids is 1. The first-order valence-electron chi connectivity index (χ1n) is 4.90. The Morgan fingerprint density at radius 1 is 1.40 bits per heavy atom. The summed E-state index contributed by atoms with van der Waals surface area (Å²) in [5.41, 5.74) is 0.369. The molecule has 0 saturated carbocycles. The normalized spacial score (nSPS) is 11.3. The molecule has 2 rings (SSSR count). The number of benzene rings is 1. The first kappa shape index (κ1) is 15.3. The molecule has 1 aromatic carbocycles. The van der Waals surface area contributed by atoms with Crippen LogP contribution in [-0.2, 0) is 10.0 Å². The van der Waals surface area contributed by atoms with Crippen molar-refractivity contribution in [3.8, 4) is 0 Å². The van der Waals surface area contributed by atoms with Crippen LogP contribution in [0.4, 0.5) is 5.69 Å². The first-order valence-corrected chi connectivity index (χ1v) is 8.43. The van der Waals surface area contributed by atoms with Gasteiger partial charge in [-0.05, 0) is 45.7 Å². The lowest BCUT2D eigenvalue weighted by Gasteiger charge is -2.07. The summed E-state index contributed by atoms with van der Waals surface area (Å²) in [5, 5.41) is 14.8. The average Bonchev–Trinajstić information content (AvgIpc) is 2.77. The van der Waals surface area contributed by atoms with Crippen molar-refractivity contribution in [1.82, 2.24) is 10.2 Å². The van der Waals surface area contributed by atoms with Crippen molar-refractivity contribution < 1.29 is 13.2 Å². The molecule has 0 spiro atoms. The number of primary sulfonamides is 1. The quantitative estimate of drug-likeness (QED) is 0.820. The van der Waals surface area contributed by atoms with Crippen molar-refractivity contribution >= 4 is 60.5 Å². The van der Waals surface area contributed by atoms with Crippen LogP contribution in [0.1, 0.15) is 9.80 Å². The van der Waals surface area contributed by atoms with Gasteiger partial charge < -0.3 is 5.32 Å². The van der Waals surface area contributed by atoms with Gasteiger partial charge in [-0.15, -0.1) is 10.2 Å². The van der Waals surface area contributed by atoms with E-state index in [1.165, 1.54) is 18.2 Å². The van der Waals surface area contributed by atoms with Gasteiger partial charge in [0.15, 0.2) is 0 Å². The van der Waals surface area contributed by atoms with Gasteiger partial charge in [0.05, 0.1) is 10.6 Å². The number of nitrogens with two attached hydrogens (primary N) is 1. The van der Waals surface area contributed by atoms with Gasteiger partial charge in [0.25, 0.3) is 5.91 Å². The van der Waals surface area contributed by atoms with Crippen LogP contribution in [0.2, 0.25) is 4.47 Å². The number of hydrogen-bond acceptors (Lipinski definition) is 6. The molecule has 0 unspecified atom stereocenters. The molecule has 0 fully saturated rings. The predicted octanol–water partition coefficient (Wildman–Crippen LogP) is 1.85. The van der Waals surface area contributed by atoms with Gasteiger partial charge >= 0.3 is 0 Å². The van der Waals surface area contributed by atoms with Crippen LogP contribution in [-0.4, -0.2) is 24.5 Å². The maximum absolute atomic E-state index is 11.8. The molecule has 7 nitrogen and oxygen atoms in total. The minimum atomic E-state index is -3.80. The summed E-state index contributed by atoms with van der Waals surface area (Å²) < 4.78 is 22.9. The molecule has 11 heteroatoms. The number of nitrogens with one attached hydrogen (secondary N) is 1. The highest BCUT2D eigenvalue weighted by atomic mass is 79.9. The van der Waals surface area contributed by atoms with Crippen LogP contribution in [0.5, 0.6) is 0 Å². The number of amides is 1. The standard InChI is InChI=1S/C9H6BrClN4O3S2/c10-5-3-4(20(12,17)18)1-2-6(5)13-7(16)8-14-15-9(11)19-8/h1-3H,(H,13,16)(H2,12,17,18). The van der Waals surface area contributed by atoms with E-state index in [0.29, 0.717) is 10.2 Å². The SMILES string of the molecule is NS(=O)(=O)c1ccc(NC(=O)c2nnc(Cl)s2)c(Br)c1. The minimum Gasteiger partial charge on any atom is -0.319 e. The zero-order valence-corrected chi connectivity index (χ0v) is 13.5. The van der Waals surface area contributed by atoms with Crippen LogP contribution in [0.3, 0.4) is 0 Å². The van der Waals surface area contributed by atoms with Gasteiger partial charge in [0.2, 0.25) is 19.5 Å². The van der Waals surface area contributed by atoms with Gasteiger partial charge in [0.1, 0.15) is 0 Å². The van der Waals surface area contributed by atoms with Crippen molar-refractivity contribution in [3.63, 3.8) is 0 Å². The molecule has 20 heavy (non-hydrogen) atoms. The number of anilines is 1. The number of halogens is 2. The topological polar surface area (TPSA) is 115 Å². The maximum atomic E-state index is 11.8. The van der Waals surface area contributed by atoms with E-state index in [-0.39, 0.29) is 14.4 Å². The average molecular weight is 398 g/mol. The third-order valence-corrected chi connectivity index (χ3v) is 4.70. The lowest BCUT2D eigenvalue weighted by atomic mass is 10.3. The summed E-state index contributed by atoms with van der Waals surface area (Å²) in [6.07, 6.45) is 0. The second kappa shape index (κ2) is 5.74. The summed E-state index contributed by atoms with van der Waals surface area (Å²) in [6, 6.07) is 3.98. The molecule has 0 bridgehead atoms. The highest BCUT2D eigenvalue weighted by Gasteiger charge is 2.15. The van der Waals surface area contributed by atoms with Crippen LogP contribution in [0.25, 0.3) is 0 Å². The summed E-state index contributed by atoms with van der Waals surface area (Å²) >= 11 is 9.67. The number of hydrogen-bond donors (Lipinski definition) is 2. The zero-order valence-electron chi connectivity index (χ0n) is 9.50. The Balaban J connectivity index is 2.25. The fraction of sp³-hybridized carbons (Fsp3) is 0. The van der Waals surface area contributed by atoms with E-state index in [1.807, 2.05) is 0 Å². The molecular formula is C9H6BrClN4O3S2. The number of aromatic nitrogens is 2. The zero-order chi connectivity index (χ0) is 14.9. The van der Waals surface area contributed by atoms with Crippen molar-refractivity contribution in [2.45, 2.75) is 4.90 Å². The van der Waals surface area contributed by atoms with Crippen LogP contribution < -0.4 is 10.5 Å². The van der Waals surface area contributed by atoms with Crippen molar-refractivity contribution in [1.29, 1.82) is 0 Å². The van der Waals surface area contributed by atoms with Gasteiger partial charge in [0, 0.05) is 4.47 Å². The Kier molecular flexibility index (Phi) is 4.39. The number of rotatable bonds is 3. The molecular weight excluding hydrogens is 392 g/mol. The Morgan fingerprint density at radius 3 is 2.60 bits per heavy atom. The van der Waals surface area contributed by atoms with E-state index in [4.69, 9.17) is 16.7 Å². The van der Waals surface area contributed by atoms with Gasteiger partial charge in [-0.3, -0.25) is 4.79 Å². The van der Waals surface area contributed by atoms with E-state index < -0.39 is 15.9 Å². The summed E-state index contributed by atoms with van der Waals surface area (Å²) in [6.45, 7) is 0. The number of sulfonamides is 1. The molecule has 1 amide bonds. The number of nitrogens with zero attached hydrogens (tertiary/aromatic N) is 2. The first-order chi connectivity index (χ1) is 9.27.